The Bertz CT molecular complexity index is 149. The van der Waals surface area contributed by atoms with Gasteiger partial charge in [0.2, 0.25) is 10.9 Å². The SMILES string of the molecule is CCCCCCCCN[SH](=O)=O. The van der Waals surface area contributed by atoms with Gasteiger partial charge in [0.25, 0.3) is 0 Å². The number of hydrogen-bond donors (Lipinski definition) is 2. The summed E-state index contributed by atoms with van der Waals surface area (Å²) in [6.45, 7) is 2.79. The summed E-state index contributed by atoms with van der Waals surface area (Å²) < 4.78 is 22.5. The predicted octanol–water partition coefficient (Wildman–Crippen LogP) is 1.46. The Morgan fingerprint density at radius 3 is 2.17 bits per heavy atom. The van der Waals surface area contributed by atoms with E-state index in [0.29, 0.717) is 6.54 Å². The maximum absolute atomic E-state index is 10.1. The van der Waals surface area contributed by atoms with Crippen LogP contribution < -0.4 is 4.72 Å². The predicted molar refractivity (Wildman–Crippen MR) is 51.7 cm³/mol. The zero-order chi connectivity index (χ0) is 9.23. The highest BCUT2D eigenvalue weighted by atomic mass is 32.2. The van der Waals surface area contributed by atoms with E-state index in [1.54, 1.807) is 0 Å². The van der Waals surface area contributed by atoms with Crippen LogP contribution in [0.1, 0.15) is 45.4 Å². The van der Waals surface area contributed by atoms with Crippen LogP contribution in [0.2, 0.25) is 0 Å². The van der Waals surface area contributed by atoms with Crippen LogP contribution in [-0.2, 0) is 10.9 Å². The van der Waals surface area contributed by atoms with E-state index in [-0.39, 0.29) is 0 Å². The van der Waals surface area contributed by atoms with Gasteiger partial charge in [0, 0.05) is 6.54 Å². The molecule has 0 aromatic carbocycles. The molecule has 12 heavy (non-hydrogen) atoms. The molecule has 0 aromatic heterocycles. The van der Waals surface area contributed by atoms with Gasteiger partial charge in [-0.3, -0.25) is 0 Å². The van der Waals surface area contributed by atoms with Gasteiger partial charge in [0.05, 0.1) is 0 Å². The maximum atomic E-state index is 10.1. The van der Waals surface area contributed by atoms with Crippen molar-refractivity contribution in [2.45, 2.75) is 45.4 Å². The van der Waals surface area contributed by atoms with Gasteiger partial charge in [0.1, 0.15) is 0 Å². The molecule has 0 spiro atoms. The van der Waals surface area contributed by atoms with E-state index in [2.05, 4.69) is 11.6 Å². The molecule has 0 unspecified atom stereocenters. The van der Waals surface area contributed by atoms with Crippen molar-refractivity contribution in [1.29, 1.82) is 0 Å². The molecule has 1 N–H and O–H groups in total. The Labute approximate surface area is 76.6 Å². The highest BCUT2D eigenvalue weighted by molar-refractivity contribution is 7.70. The lowest BCUT2D eigenvalue weighted by Gasteiger charge is -1.98. The number of hydrogen-bond acceptors (Lipinski definition) is 2. The summed E-state index contributed by atoms with van der Waals surface area (Å²) in [7, 11) is -2.38. The fraction of sp³-hybridized carbons (Fsp3) is 1.00. The lowest BCUT2D eigenvalue weighted by Crippen LogP contribution is -2.12. The fourth-order valence-corrected chi connectivity index (χ4v) is 1.42. The monoisotopic (exact) mass is 193 g/mol. The largest absolute Gasteiger partial charge is 0.218 e. The molecule has 0 saturated carbocycles. The summed E-state index contributed by atoms with van der Waals surface area (Å²) in [4.78, 5) is 0. The minimum atomic E-state index is -2.38. The second-order valence-electron chi connectivity index (χ2n) is 2.93. The van der Waals surface area contributed by atoms with Crippen LogP contribution in [0.25, 0.3) is 0 Å². The van der Waals surface area contributed by atoms with Gasteiger partial charge in [-0.1, -0.05) is 39.0 Å². The van der Waals surface area contributed by atoms with E-state index in [9.17, 15) is 8.42 Å². The lowest BCUT2D eigenvalue weighted by atomic mass is 10.1. The third kappa shape index (κ3) is 9.91. The van der Waals surface area contributed by atoms with Gasteiger partial charge < -0.3 is 0 Å². The number of unbranched alkanes of at least 4 members (excludes halogenated alkanes) is 5. The van der Waals surface area contributed by atoms with E-state index < -0.39 is 10.9 Å². The van der Waals surface area contributed by atoms with E-state index in [0.717, 1.165) is 12.8 Å². The second kappa shape index (κ2) is 9.00. The molecule has 74 valence electrons. The normalized spacial score (nSPS) is 10.8. The smallest absolute Gasteiger partial charge is 0.201 e. The van der Waals surface area contributed by atoms with Gasteiger partial charge in [0.15, 0.2) is 0 Å². The van der Waals surface area contributed by atoms with Gasteiger partial charge in [-0.05, 0) is 6.42 Å². The van der Waals surface area contributed by atoms with Crippen molar-refractivity contribution in [1.82, 2.24) is 4.72 Å². The van der Waals surface area contributed by atoms with Crippen molar-refractivity contribution >= 4 is 10.9 Å². The highest BCUT2D eigenvalue weighted by Crippen LogP contribution is 2.03. The molecule has 0 aromatic rings. The molecule has 3 nitrogen and oxygen atoms in total. The van der Waals surface area contributed by atoms with Crippen molar-refractivity contribution in [2.24, 2.45) is 0 Å². The van der Waals surface area contributed by atoms with E-state index >= 15 is 0 Å². The van der Waals surface area contributed by atoms with Crippen molar-refractivity contribution in [3.63, 3.8) is 0 Å². The summed E-state index contributed by atoms with van der Waals surface area (Å²) in [6, 6.07) is 0. The standard InChI is InChI=1S/C8H19NO2S/c1-2-3-4-5-6-7-8-9-12(10)11/h12H,2-8H2,1H3,(H,9,10,11). The molecule has 0 rings (SSSR count). The van der Waals surface area contributed by atoms with Crippen LogP contribution in [0.3, 0.4) is 0 Å². The Morgan fingerprint density at radius 2 is 1.58 bits per heavy atom. The summed E-state index contributed by atoms with van der Waals surface area (Å²) in [5.74, 6) is 0. The van der Waals surface area contributed by atoms with Crippen LogP contribution in [0.15, 0.2) is 0 Å². The minimum Gasteiger partial charge on any atom is -0.218 e. The summed E-state index contributed by atoms with van der Waals surface area (Å²) >= 11 is 0. The van der Waals surface area contributed by atoms with Crippen LogP contribution >= 0.6 is 0 Å². The molecule has 0 radical (unpaired) electrons. The molecule has 0 aliphatic heterocycles. The van der Waals surface area contributed by atoms with Crippen LogP contribution in [-0.4, -0.2) is 15.0 Å². The molecular weight excluding hydrogens is 174 g/mol. The molecule has 0 fully saturated rings. The van der Waals surface area contributed by atoms with Crippen molar-refractivity contribution in [3.8, 4) is 0 Å². The highest BCUT2D eigenvalue weighted by Gasteiger charge is 1.89. The molecule has 0 amide bonds. The van der Waals surface area contributed by atoms with Crippen LogP contribution in [0.5, 0.6) is 0 Å². The van der Waals surface area contributed by atoms with Crippen LogP contribution in [0.4, 0.5) is 0 Å². The zero-order valence-electron chi connectivity index (χ0n) is 7.71. The van der Waals surface area contributed by atoms with E-state index in [4.69, 9.17) is 0 Å². The maximum Gasteiger partial charge on any atom is 0.201 e. The van der Waals surface area contributed by atoms with Gasteiger partial charge >= 0.3 is 0 Å². The summed E-state index contributed by atoms with van der Waals surface area (Å²) in [5.41, 5.74) is 0. The topological polar surface area (TPSA) is 46.2 Å². The zero-order valence-corrected chi connectivity index (χ0v) is 8.61. The Kier molecular flexibility index (Phi) is 8.93. The summed E-state index contributed by atoms with van der Waals surface area (Å²) in [6.07, 6.45) is 7.16. The number of thiol groups is 1. The molecule has 0 saturated heterocycles. The third-order valence-corrected chi connectivity index (χ3v) is 2.25. The second-order valence-corrected chi connectivity index (χ2v) is 3.76. The Morgan fingerprint density at radius 1 is 1.00 bits per heavy atom. The molecule has 0 aliphatic carbocycles. The van der Waals surface area contributed by atoms with Crippen molar-refractivity contribution in [2.75, 3.05) is 6.54 Å². The molecule has 0 atom stereocenters. The Balaban J connectivity index is 2.91. The van der Waals surface area contributed by atoms with Gasteiger partial charge in [-0.15, -0.1) is 0 Å². The number of nitrogens with one attached hydrogen (secondary N) is 1. The molecule has 0 aliphatic rings. The van der Waals surface area contributed by atoms with E-state index in [1.165, 1.54) is 25.7 Å². The average Bonchev–Trinajstić information content (AvgIpc) is 2.02. The number of rotatable bonds is 8. The van der Waals surface area contributed by atoms with Gasteiger partial charge in [-0.25, -0.2) is 13.1 Å². The Hall–Kier alpha value is -0.0900. The van der Waals surface area contributed by atoms with Crippen LogP contribution in [0, 0.1) is 0 Å². The molecule has 0 bridgehead atoms. The lowest BCUT2D eigenvalue weighted by molar-refractivity contribution is 0.582. The first-order valence-corrected chi connectivity index (χ1v) is 5.83. The third-order valence-electron chi connectivity index (χ3n) is 1.77. The molecule has 4 heteroatoms. The van der Waals surface area contributed by atoms with Crippen molar-refractivity contribution in [3.05, 3.63) is 0 Å². The van der Waals surface area contributed by atoms with Crippen molar-refractivity contribution < 1.29 is 8.42 Å². The first kappa shape index (κ1) is 11.9. The summed E-state index contributed by atoms with van der Waals surface area (Å²) in [5, 5.41) is 0. The quantitative estimate of drug-likeness (QED) is 0.453. The first-order chi connectivity index (χ1) is 5.77. The average molecular weight is 193 g/mol. The minimum absolute atomic E-state index is 0.602. The first-order valence-electron chi connectivity index (χ1n) is 4.65. The molecule has 0 heterocycles. The van der Waals surface area contributed by atoms with E-state index in [1.807, 2.05) is 0 Å². The van der Waals surface area contributed by atoms with Gasteiger partial charge in [-0.2, -0.15) is 0 Å². The molecular formula is C8H19NO2S. The fourth-order valence-electron chi connectivity index (χ4n) is 1.08.